The molecule has 0 amide bonds. The molecule has 20 heavy (non-hydrogen) atoms. The van der Waals surface area contributed by atoms with Crippen LogP contribution in [0.15, 0.2) is 18.3 Å². The molecule has 1 aliphatic heterocycles. The van der Waals surface area contributed by atoms with E-state index in [4.69, 9.17) is 5.73 Å². The number of piperidine rings is 1. The first-order valence-electron chi connectivity index (χ1n) is 8.22. The Labute approximate surface area is 122 Å². The summed E-state index contributed by atoms with van der Waals surface area (Å²) in [6.07, 6.45) is 12.8. The second-order valence-corrected chi connectivity index (χ2v) is 6.57. The van der Waals surface area contributed by atoms with Gasteiger partial charge < -0.3 is 10.6 Å². The quantitative estimate of drug-likeness (QED) is 0.920. The van der Waals surface area contributed by atoms with Gasteiger partial charge in [-0.05, 0) is 55.7 Å². The Kier molecular flexibility index (Phi) is 4.25. The van der Waals surface area contributed by atoms with Crippen LogP contribution in [0.5, 0.6) is 0 Å². The monoisotopic (exact) mass is 273 g/mol. The number of nitrogens with two attached hydrogens (primary N) is 1. The van der Waals surface area contributed by atoms with E-state index in [2.05, 4.69) is 16.0 Å². The molecule has 0 radical (unpaired) electrons. The number of rotatable bonds is 3. The second-order valence-electron chi connectivity index (χ2n) is 6.57. The summed E-state index contributed by atoms with van der Waals surface area (Å²) >= 11 is 0. The van der Waals surface area contributed by atoms with Crippen molar-refractivity contribution in [2.45, 2.75) is 51.4 Å². The van der Waals surface area contributed by atoms with Crippen molar-refractivity contribution in [1.82, 2.24) is 4.98 Å². The van der Waals surface area contributed by atoms with Crippen LogP contribution in [0.25, 0.3) is 0 Å². The summed E-state index contributed by atoms with van der Waals surface area (Å²) in [6.45, 7) is 3.06. The van der Waals surface area contributed by atoms with Gasteiger partial charge in [-0.3, -0.25) is 0 Å². The molecular formula is C17H27N3. The van der Waals surface area contributed by atoms with Gasteiger partial charge in [0.1, 0.15) is 5.82 Å². The van der Waals surface area contributed by atoms with Gasteiger partial charge >= 0.3 is 0 Å². The topological polar surface area (TPSA) is 42.1 Å². The van der Waals surface area contributed by atoms with Crippen molar-refractivity contribution in [3.63, 3.8) is 0 Å². The molecule has 0 aromatic carbocycles. The number of aromatic nitrogens is 1. The molecule has 3 nitrogen and oxygen atoms in total. The Hall–Kier alpha value is -1.09. The maximum atomic E-state index is 5.72. The van der Waals surface area contributed by atoms with Crippen molar-refractivity contribution in [1.29, 1.82) is 0 Å². The van der Waals surface area contributed by atoms with Gasteiger partial charge in [-0.25, -0.2) is 4.98 Å². The molecule has 2 fully saturated rings. The van der Waals surface area contributed by atoms with E-state index in [1.54, 1.807) is 0 Å². The van der Waals surface area contributed by atoms with E-state index in [9.17, 15) is 0 Å². The Bertz CT molecular complexity index is 428. The Morgan fingerprint density at radius 3 is 2.55 bits per heavy atom. The largest absolute Gasteiger partial charge is 0.356 e. The van der Waals surface area contributed by atoms with Crippen LogP contribution in [0.2, 0.25) is 0 Å². The molecule has 1 saturated heterocycles. The first-order chi connectivity index (χ1) is 9.83. The Morgan fingerprint density at radius 1 is 1.10 bits per heavy atom. The Balaban J connectivity index is 1.68. The van der Waals surface area contributed by atoms with Crippen LogP contribution in [0.1, 0.15) is 50.5 Å². The molecule has 1 saturated carbocycles. The van der Waals surface area contributed by atoms with Gasteiger partial charge in [-0.2, -0.15) is 0 Å². The lowest BCUT2D eigenvalue weighted by Gasteiger charge is -2.45. The summed E-state index contributed by atoms with van der Waals surface area (Å²) in [7, 11) is 0. The van der Waals surface area contributed by atoms with Gasteiger partial charge in [-0.1, -0.05) is 25.3 Å². The average molecular weight is 273 g/mol. The summed E-state index contributed by atoms with van der Waals surface area (Å²) in [4.78, 5) is 7.12. The van der Waals surface area contributed by atoms with E-state index in [-0.39, 0.29) is 0 Å². The van der Waals surface area contributed by atoms with E-state index in [1.165, 1.54) is 69.4 Å². The van der Waals surface area contributed by atoms with Crippen molar-refractivity contribution in [3.8, 4) is 0 Å². The molecule has 2 N–H and O–H groups in total. The van der Waals surface area contributed by atoms with Gasteiger partial charge in [0.25, 0.3) is 0 Å². The smallest absolute Gasteiger partial charge is 0.131 e. The molecule has 3 heteroatoms. The number of pyridine rings is 1. The fraction of sp³-hybridized carbons (Fsp3) is 0.706. The Morgan fingerprint density at radius 2 is 1.85 bits per heavy atom. The molecule has 1 aliphatic carbocycles. The molecule has 0 unspecified atom stereocenters. The molecule has 1 aromatic heterocycles. The number of anilines is 1. The minimum absolute atomic E-state index is 0.664. The van der Waals surface area contributed by atoms with E-state index in [0.717, 1.165) is 6.42 Å². The van der Waals surface area contributed by atoms with Crippen LogP contribution in [0, 0.1) is 5.41 Å². The van der Waals surface area contributed by atoms with Gasteiger partial charge in [0.2, 0.25) is 0 Å². The summed E-state index contributed by atoms with van der Waals surface area (Å²) < 4.78 is 0. The van der Waals surface area contributed by atoms with E-state index in [0.29, 0.717) is 12.0 Å². The van der Waals surface area contributed by atoms with E-state index in [1.807, 2.05) is 12.3 Å². The molecule has 1 aromatic rings. The average Bonchev–Trinajstić information content (AvgIpc) is 2.50. The normalized spacial score (nSPS) is 22.1. The van der Waals surface area contributed by atoms with Crippen molar-refractivity contribution in [3.05, 3.63) is 23.9 Å². The third-order valence-corrected chi connectivity index (χ3v) is 5.32. The lowest BCUT2D eigenvalue weighted by Crippen LogP contribution is -2.41. The highest BCUT2D eigenvalue weighted by Gasteiger charge is 2.35. The summed E-state index contributed by atoms with van der Waals surface area (Å²) in [5.41, 5.74) is 7.70. The van der Waals surface area contributed by atoms with Crippen molar-refractivity contribution in [2.24, 2.45) is 11.1 Å². The van der Waals surface area contributed by atoms with Crippen LogP contribution in [-0.4, -0.2) is 24.6 Å². The molecule has 1 spiro atoms. The molecular weight excluding hydrogens is 246 g/mol. The first kappa shape index (κ1) is 13.9. The summed E-state index contributed by atoms with van der Waals surface area (Å²) in [5, 5.41) is 0. The summed E-state index contributed by atoms with van der Waals surface area (Å²) in [5.74, 6) is 1.18. The number of hydrogen-bond acceptors (Lipinski definition) is 3. The number of hydrogen-bond donors (Lipinski definition) is 1. The summed E-state index contributed by atoms with van der Waals surface area (Å²) in [6, 6.07) is 4.21. The van der Waals surface area contributed by atoms with Gasteiger partial charge in [-0.15, -0.1) is 0 Å². The molecule has 2 heterocycles. The van der Waals surface area contributed by atoms with Gasteiger partial charge in [0.15, 0.2) is 0 Å². The third kappa shape index (κ3) is 2.83. The highest BCUT2D eigenvalue weighted by Crippen LogP contribution is 2.45. The van der Waals surface area contributed by atoms with E-state index >= 15 is 0 Å². The van der Waals surface area contributed by atoms with Crippen LogP contribution in [0.4, 0.5) is 5.82 Å². The predicted molar refractivity (Wildman–Crippen MR) is 84.0 cm³/mol. The maximum absolute atomic E-state index is 5.72. The van der Waals surface area contributed by atoms with Gasteiger partial charge in [0.05, 0.1) is 0 Å². The van der Waals surface area contributed by atoms with Crippen LogP contribution in [0.3, 0.4) is 0 Å². The highest BCUT2D eigenvalue weighted by atomic mass is 15.2. The van der Waals surface area contributed by atoms with Gasteiger partial charge in [0, 0.05) is 19.3 Å². The second kappa shape index (κ2) is 6.13. The molecule has 0 bridgehead atoms. The molecule has 0 atom stereocenters. The minimum Gasteiger partial charge on any atom is -0.356 e. The first-order valence-corrected chi connectivity index (χ1v) is 8.22. The van der Waals surface area contributed by atoms with Crippen molar-refractivity contribution < 1.29 is 0 Å². The lowest BCUT2D eigenvalue weighted by atomic mass is 9.68. The highest BCUT2D eigenvalue weighted by molar-refractivity contribution is 5.47. The third-order valence-electron chi connectivity index (χ3n) is 5.32. The fourth-order valence-corrected chi connectivity index (χ4v) is 4.06. The fourth-order valence-electron chi connectivity index (χ4n) is 4.06. The zero-order valence-electron chi connectivity index (χ0n) is 12.5. The zero-order chi connectivity index (χ0) is 13.8. The van der Waals surface area contributed by atoms with Crippen molar-refractivity contribution in [2.75, 3.05) is 24.5 Å². The SMILES string of the molecule is NCCc1cccnc1N1CCC2(CCCCC2)CC1. The van der Waals surface area contributed by atoms with Crippen LogP contribution in [-0.2, 0) is 6.42 Å². The maximum Gasteiger partial charge on any atom is 0.131 e. The van der Waals surface area contributed by atoms with E-state index < -0.39 is 0 Å². The minimum atomic E-state index is 0.664. The number of nitrogens with zero attached hydrogens (tertiary/aromatic N) is 2. The molecule has 2 aliphatic rings. The molecule has 3 rings (SSSR count). The predicted octanol–water partition coefficient (Wildman–Crippen LogP) is 3.13. The van der Waals surface area contributed by atoms with Crippen LogP contribution < -0.4 is 10.6 Å². The van der Waals surface area contributed by atoms with Crippen molar-refractivity contribution >= 4 is 5.82 Å². The zero-order valence-corrected chi connectivity index (χ0v) is 12.5. The standard InChI is InChI=1S/C17H27N3/c18-11-6-15-5-4-12-19-16(15)20-13-9-17(10-14-20)7-2-1-3-8-17/h4-5,12H,1-3,6-11,13-14,18H2. The lowest BCUT2D eigenvalue weighted by molar-refractivity contribution is 0.144. The molecule has 110 valence electrons. The van der Waals surface area contributed by atoms with Crippen LogP contribution >= 0.6 is 0 Å².